The van der Waals surface area contributed by atoms with E-state index in [4.69, 9.17) is 0 Å². The second-order valence-corrected chi connectivity index (χ2v) is 5.48. The Balaban J connectivity index is 2.32. The van der Waals surface area contributed by atoms with Crippen molar-refractivity contribution >= 4 is 40.4 Å². The lowest BCUT2D eigenvalue weighted by molar-refractivity contribution is 0.0637. The van der Waals surface area contributed by atoms with Crippen LogP contribution in [-0.4, -0.2) is 29.0 Å². The number of halogens is 1. The van der Waals surface area contributed by atoms with Crippen molar-refractivity contribution < 1.29 is 9.59 Å². The molecule has 0 aromatic heterocycles. The van der Waals surface area contributed by atoms with Gasteiger partial charge in [-0.05, 0) is 29.9 Å². The van der Waals surface area contributed by atoms with Gasteiger partial charge in [0.2, 0.25) is 0 Å². The number of hydrogen-bond acceptors (Lipinski definition) is 3. The molecular weight excluding hydrogens is 302 g/mol. The van der Waals surface area contributed by atoms with Crippen molar-refractivity contribution in [2.45, 2.75) is 6.92 Å². The van der Waals surface area contributed by atoms with Crippen LogP contribution in [0.4, 0.5) is 0 Å². The molecule has 5 heteroatoms. The highest BCUT2D eigenvalue weighted by molar-refractivity contribution is 9.10. The first-order chi connectivity index (χ1) is 8.04. The lowest BCUT2D eigenvalue weighted by Crippen LogP contribution is -2.34. The van der Waals surface area contributed by atoms with Gasteiger partial charge in [0.05, 0.1) is 11.1 Å². The van der Waals surface area contributed by atoms with Crippen LogP contribution in [0.3, 0.4) is 0 Å². The Hall–Kier alpha value is -0.810. The maximum absolute atomic E-state index is 12.1. The molecule has 1 unspecified atom stereocenters. The first kappa shape index (κ1) is 12.6. The van der Waals surface area contributed by atoms with E-state index in [2.05, 4.69) is 28.6 Å². The summed E-state index contributed by atoms with van der Waals surface area (Å²) in [5.41, 5.74) is 0.973. The summed E-state index contributed by atoms with van der Waals surface area (Å²) in [4.78, 5) is 25.4. The first-order valence-electron chi connectivity index (χ1n) is 5.31. The summed E-state index contributed by atoms with van der Waals surface area (Å²) in [6.45, 7) is 2.39. The molecule has 1 aromatic carbocycles. The summed E-state index contributed by atoms with van der Waals surface area (Å²) >= 11 is 7.47. The number of hydrogen-bond donors (Lipinski definition) is 1. The summed E-state index contributed by atoms with van der Waals surface area (Å²) in [7, 11) is 0. The molecule has 1 atom stereocenters. The topological polar surface area (TPSA) is 37.4 Å². The van der Waals surface area contributed by atoms with Gasteiger partial charge in [0.15, 0.2) is 0 Å². The molecule has 3 nitrogen and oxygen atoms in total. The molecule has 17 heavy (non-hydrogen) atoms. The predicted molar refractivity (Wildman–Crippen MR) is 72.5 cm³/mol. The Morgan fingerprint density at radius 2 is 1.94 bits per heavy atom. The van der Waals surface area contributed by atoms with Gasteiger partial charge >= 0.3 is 0 Å². The summed E-state index contributed by atoms with van der Waals surface area (Å²) in [5.74, 6) is 0.437. The van der Waals surface area contributed by atoms with Gasteiger partial charge in [0.25, 0.3) is 11.8 Å². The van der Waals surface area contributed by atoms with Gasteiger partial charge in [0.1, 0.15) is 0 Å². The molecule has 0 saturated carbocycles. The van der Waals surface area contributed by atoms with Crippen LogP contribution < -0.4 is 0 Å². The zero-order valence-corrected chi connectivity index (χ0v) is 11.8. The Morgan fingerprint density at radius 3 is 2.59 bits per heavy atom. The van der Waals surface area contributed by atoms with Crippen LogP contribution in [0.5, 0.6) is 0 Å². The maximum Gasteiger partial charge on any atom is 0.261 e. The largest absolute Gasteiger partial charge is 0.274 e. The van der Waals surface area contributed by atoms with Gasteiger partial charge in [-0.3, -0.25) is 14.5 Å². The van der Waals surface area contributed by atoms with E-state index in [-0.39, 0.29) is 17.7 Å². The second kappa shape index (κ2) is 4.82. The second-order valence-electron chi connectivity index (χ2n) is 4.20. The molecule has 0 N–H and O–H groups in total. The summed E-state index contributed by atoms with van der Waals surface area (Å²) < 4.78 is 0.807. The van der Waals surface area contributed by atoms with Crippen LogP contribution in [0, 0.1) is 5.92 Å². The van der Waals surface area contributed by atoms with Crippen molar-refractivity contribution in [1.29, 1.82) is 0 Å². The van der Waals surface area contributed by atoms with E-state index in [1.165, 1.54) is 4.90 Å². The van der Waals surface area contributed by atoms with E-state index in [1.807, 2.05) is 6.92 Å². The molecule has 0 bridgehead atoms. The van der Waals surface area contributed by atoms with Gasteiger partial charge in [-0.1, -0.05) is 22.9 Å². The molecular formula is C12H12BrNO2S. The fraction of sp³-hybridized carbons (Fsp3) is 0.333. The highest BCUT2D eigenvalue weighted by atomic mass is 79.9. The third-order valence-electron chi connectivity index (χ3n) is 2.74. The van der Waals surface area contributed by atoms with E-state index < -0.39 is 0 Å². The normalized spacial score (nSPS) is 16.3. The summed E-state index contributed by atoms with van der Waals surface area (Å²) in [6, 6.07) is 5.15. The number of fused-ring (bicyclic) bond motifs is 1. The lowest BCUT2D eigenvalue weighted by Gasteiger charge is -2.17. The van der Waals surface area contributed by atoms with E-state index >= 15 is 0 Å². The van der Waals surface area contributed by atoms with Crippen LogP contribution in [0.2, 0.25) is 0 Å². The van der Waals surface area contributed by atoms with Gasteiger partial charge < -0.3 is 0 Å². The average Bonchev–Trinajstić information content (AvgIpc) is 2.54. The molecule has 0 aliphatic carbocycles. The molecule has 0 spiro atoms. The highest BCUT2D eigenvalue weighted by Crippen LogP contribution is 2.26. The van der Waals surface area contributed by atoms with Crippen molar-refractivity contribution in [2.24, 2.45) is 5.92 Å². The lowest BCUT2D eigenvalue weighted by atomic mass is 10.1. The zero-order chi connectivity index (χ0) is 12.6. The van der Waals surface area contributed by atoms with E-state index in [0.29, 0.717) is 23.4 Å². The number of benzene rings is 1. The molecule has 0 fully saturated rings. The Morgan fingerprint density at radius 1 is 1.29 bits per heavy atom. The van der Waals surface area contributed by atoms with Crippen molar-refractivity contribution in [3.8, 4) is 0 Å². The molecule has 1 aromatic rings. The minimum Gasteiger partial charge on any atom is -0.274 e. The number of imide groups is 1. The minimum absolute atomic E-state index is 0.198. The van der Waals surface area contributed by atoms with Gasteiger partial charge in [-0.2, -0.15) is 12.6 Å². The maximum atomic E-state index is 12.1. The monoisotopic (exact) mass is 313 g/mol. The fourth-order valence-corrected chi connectivity index (χ4v) is 2.27. The molecule has 90 valence electrons. The van der Waals surface area contributed by atoms with Gasteiger partial charge in [-0.25, -0.2) is 0 Å². The zero-order valence-electron chi connectivity index (χ0n) is 9.31. The standard InChI is InChI=1S/C12H12BrNO2S/c1-7(6-17)5-14-11(15)9-3-2-8(13)4-10(9)12(14)16/h2-4,7,17H,5-6H2,1H3. The van der Waals surface area contributed by atoms with Crippen molar-refractivity contribution in [3.05, 3.63) is 33.8 Å². The summed E-state index contributed by atoms with van der Waals surface area (Å²) in [6.07, 6.45) is 0. The molecule has 2 rings (SSSR count). The number of rotatable bonds is 3. The third-order valence-corrected chi connectivity index (χ3v) is 3.86. The molecule has 0 radical (unpaired) electrons. The van der Waals surface area contributed by atoms with Gasteiger partial charge in [-0.15, -0.1) is 0 Å². The highest BCUT2D eigenvalue weighted by Gasteiger charge is 2.35. The van der Waals surface area contributed by atoms with E-state index in [0.717, 1.165) is 4.47 Å². The van der Waals surface area contributed by atoms with E-state index in [9.17, 15) is 9.59 Å². The Bertz CT molecular complexity index is 489. The smallest absolute Gasteiger partial charge is 0.261 e. The fourth-order valence-electron chi connectivity index (χ4n) is 1.80. The third kappa shape index (κ3) is 2.26. The number of nitrogens with zero attached hydrogens (tertiary/aromatic N) is 1. The number of amides is 2. The first-order valence-corrected chi connectivity index (χ1v) is 6.73. The van der Waals surface area contributed by atoms with Crippen LogP contribution in [-0.2, 0) is 0 Å². The SMILES string of the molecule is CC(CS)CN1C(=O)c2ccc(Br)cc2C1=O. The van der Waals surface area contributed by atoms with Crippen LogP contribution in [0.25, 0.3) is 0 Å². The Labute approximate surface area is 114 Å². The van der Waals surface area contributed by atoms with Crippen molar-refractivity contribution in [2.75, 3.05) is 12.3 Å². The van der Waals surface area contributed by atoms with E-state index in [1.54, 1.807) is 18.2 Å². The van der Waals surface area contributed by atoms with Crippen molar-refractivity contribution in [3.63, 3.8) is 0 Å². The molecule has 1 heterocycles. The van der Waals surface area contributed by atoms with Crippen LogP contribution in [0.15, 0.2) is 22.7 Å². The minimum atomic E-state index is -0.208. The molecule has 1 aliphatic heterocycles. The quantitative estimate of drug-likeness (QED) is 0.688. The van der Waals surface area contributed by atoms with Crippen LogP contribution in [0.1, 0.15) is 27.6 Å². The van der Waals surface area contributed by atoms with Gasteiger partial charge in [0, 0.05) is 11.0 Å². The average molecular weight is 314 g/mol. The van der Waals surface area contributed by atoms with Crippen LogP contribution >= 0.6 is 28.6 Å². The predicted octanol–water partition coefficient (Wildman–Crippen LogP) is 2.61. The molecule has 2 amide bonds. The number of thiol groups is 1. The van der Waals surface area contributed by atoms with Crippen molar-refractivity contribution in [1.82, 2.24) is 4.90 Å². The Kier molecular flexibility index (Phi) is 3.58. The number of carbonyl (C=O) groups is 2. The summed E-state index contributed by atoms with van der Waals surface area (Å²) in [5, 5.41) is 0. The molecule has 0 saturated heterocycles. The number of carbonyl (C=O) groups excluding carboxylic acids is 2. The molecule has 1 aliphatic rings.